The van der Waals surface area contributed by atoms with Gasteiger partial charge in [0.2, 0.25) is 5.91 Å². The van der Waals surface area contributed by atoms with Crippen molar-refractivity contribution in [3.8, 4) is 0 Å². The highest BCUT2D eigenvalue weighted by Crippen LogP contribution is 2.03. The van der Waals surface area contributed by atoms with E-state index >= 15 is 0 Å². The lowest BCUT2D eigenvalue weighted by Crippen LogP contribution is -2.37. The fourth-order valence-electron chi connectivity index (χ4n) is 2.25. The Morgan fingerprint density at radius 2 is 2.09 bits per heavy atom. The molecule has 0 aliphatic heterocycles. The molecule has 2 N–H and O–H groups in total. The van der Waals surface area contributed by atoms with Crippen LogP contribution in [0.15, 0.2) is 33.9 Å². The number of amides is 1. The van der Waals surface area contributed by atoms with Crippen LogP contribution in [0.3, 0.4) is 0 Å². The normalized spacial score (nSPS) is 10.8. The zero-order chi connectivity index (χ0) is 16.7. The van der Waals surface area contributed by atoms with E-state index < -0.39 is 5.69 Å². The van der Waals surface area contributed by atoms with Crippen molar-refractivity contribution in [2.75, 3.05) is 19.8 Å². The highest BCUT2D eigenvalue weighted by Gasteiger charge is 2.09. The van der Waals surface area contributed by atoms with Crippen molar-refractivity contribution >= 4 is 16.8 Å². The van der Waals surface area contributed by atoms with E-state index in [1.165, 1.54) is 0 Å². The van der Waals surface area contributed by atoms with Crippen LogP contribution in [0.2, 0.25) is 0 Å². The Hall–Kier alpha value is -2.41. The number of nitrogens with zero attached hydrogens (tertiary/aromatic N) is 1. The molecule has 7 nitrogen and oxygen atoms in total. The number of H-pyrrole nitrogens is 1. The molecule has 0 saturated heterocycles. The Kier molecular flexibility index (Phi) is 6.10. The number of para-hydroxylation sites is 1. The molecule has 1 heterocycles. The first-order valence-corrected chi connectivity index (χ1v) is 7.69. The van der Waals surface area contributed by atoms with Crippen molar-refractivity contribution in [2.45, 2.75) is 26.3 Å². The van der Waals surface area contributed by atoms with Crippen LogP contribution in [0.1, 0.15) is 19.8 Å². The maximum absolute atomic E-state index is 12.3. The van der Waals surface area contributed by atoms with E-state index in [2.05, 4.69) is 10.3 Å². The lowest BCUT2D eigenvalue weighted by Gasteiger charge is -2.07. The molecule has 0 aliphatic carbocycles. The number of hydrogen-bond donors (Lipinski definition) is 2. The number of nitrogens with one attached hydrogen (secondary N) is 2. The topological polar surface area (TPSA) is 93.2 Å². The average Bonchev–Trinajstić information content (AvgIpc) is 2.54. The van der Waals surface area contributed by atoms with Gasteiger partial charge in [0.1, 0.15) is 0 Å². The van der Waals surface area contributed by atoms with Gasteiger partial charge in [-0.3, -0.25) is 14.2 Å². The van der Waals surface area contributed by atoms with Crippen LogP contribution in [0, 0.1) is 0 Å². The highest BCUT2D eigenvalue weighted by atomic mass is 16.5. The molecule has 23 heavy (non-hydrogen) atoms. The number of aromatic nitrogens is 2. The second-order valence-corrected chi connectivity index (χ2v) is 5.08. The summed E-state index contributed by atoms with van der Waals surface area (Å²) in [5.74, 6) is -0.194. The van der Waals surface area contributed by atoms with E-state index in [1.807, 2.05) is 6.92 Å². The summed E-state index contributed by atoms with van der Waals surface area (Å²) in [5.41, 5.74) is -0.384. The Labute approximate surface area is 133 Å². The molecule has 0 fully saturated rings. The Bertz CT molecular complexity index is 779. The number of hydrogen-bond acceptors (Lipinski definition) is 4. The SMILES string of the molecule is CCOCCCNC(=O)CCn1c(=O)[nH]c2ccccc2c1=O. The number of ether oxygens (including phenoxy) is 1. The van der Waals surface area contributed by atoms with Crippen molar-refractivity contribution in [1.82, 2.24) is 14.9 Å². The minimum atomic E-state index is -0.502. The molecule has 0 atom stereocenters. The third-order valence-corrected chi connectivity index (χ3v) is 3.44. The van der Waals surface area contributed by atoms with Crippen LogP contribution in [-0.2, 0) is 16.1 Å². The zero-order valence-corrected chi connectivity index (χ0v) is 13.1. The molecular formula is C16H21N3O4. The van der Waals surface area contributed by atoms with Gasteiger partial charge in [-0.2, -0.15) is 0 Å². The zero-order valence-electron chi connectivity index (χ0n) is 13.1. The molecule has 0 unspecified atom stereocenters. The van der Waals surface area contributed by atoms with Crippen LogP contribution < -0.4 is 16.6 Å². The van der Waals surface area contributed by atoms with Gasteiger partial charge < -0.3 is 15.0 Å². The Morgan fingerprint density at radius 3 is 2.87 bits per heavy atom. The summed E-state index contributed by atoms with van der Waals surface area (Å²) in [7, 11) is 0. The van der Waals surface area contributed by atoms with Gasteiger partial charge in [-0.05, 0) is 25.5 Å². The van der Waals surface area contributed by atoms with Crippen LogP contribution in [0.5, 0.6) is 0 Å². The minimum Gasteiger partial charge on any atom is -0.382 e. The van der Waals surface area contributed by atoms with E-state index in [-0.39, 0.29) is 24.4 Å². The second-order valence-electron chi connectivity index (χ2n) is 5.08. The van der Waals surface area contributed by atoms with Gasteiger partial charge in [0.25, 0.3) is 5.56 Å². The van der Waals surface area contributed by atoms with Crippen LogP contribution >= 0.6 is 0 Å². The van der Waals surface area contributed by atoms with Crippen molar-refractivity contribution in [3.05, 3.63) is 45.1 Å². The third-order valence-electron chi connectivity index (χ3n) is 3.44. The highest BCUT2D eigenvalue weighted by molar-refractivity contribution is 5.77. The number of carbonyl (C=O) groups is 1. The van der Waals surface area contributed by atoms with Gasteiger partial charge in [0, 0.05) is 32.7 Å². The molecule has 0 aliphatic rings. The van der Waals surface area contributed by atoms with Crippen molar-refractivity contribution < 1.29 is 9.53 Å². The van der Waals surface area contributed by atoms with Gasteiger partial charge in [0.15, 0.2) is 0 Å². The van der Waals surface area contributed by atoms with E-state index in [1.54, 1.807) is 24.3 Å². The first-order chi connectivity index (χ1) is 11.1. The van der Waals surface area contributed by atoms with E-state index in [0.29, 0.717) is 30.7 Å². The summed E-state index contributed by atoms with van der Waals surface area (Å²) < 4.78 is 6.23. The first kappa shape index (κ1) is 17.0. The van der Waals surface area contributed by atoms with E-state index in [4.69, 9.17) is 4.74 Å². The second kappa shape index (κ2) is 8.28. The van der Waals surface area contributed by atoms with Crippen LogP contribution in [0.25, 0.3) is 10.9 Å². The van der Waals surface area contributed by atoms with Crippen LogP contribution in [0.4, 0.5) is 0 Å². The third kappa shape index (κ3) is 4.53. The summed E-state index contributed by atoms with van der Waals surface area (Å²) in [6, 6.07) is 6.81. The molecule has 7 heteroatoms. The molecule has 2 aromatic rings. The monoisotopic (exact) mass is 319 g/mol. The lowest BCUT2D eigenvalue weighted by molar-refractivity contribution is -0.121. The Morgan fingerprint density at radius 1 is 1.30 bits per heavy atom. The molecule has 0 spiro atoms. The van der Waals surface area contributed by atoms with Crippen molar-refractivity contribution in [2.24, 2.45) is 0 Å². The van der Waals surface area contributed by atoms with Gasteiger partial charge in [-0.1, -0.05) is 12.1 Å². The Balaban J connectivity index is 1.96. The number of fused-ring (bicyclic) bond motifs is 1. The largest absolute Gasteiger partial charge is 0.382 e. The van der Waals surface area contributed by atoms with Gasteiger partial charge >= 0.3 is 5.69 Å². The molecule has 0 bridgehead atoms. The summed E-state index contributed by atoms with van der Waals surface area (Å²) in [6.45, 7) is 3.73. The predicted molar refractivity (Wildman–Crippen MR) is 87.6 cm³/mol. The molecule has 124 valence electrons. The average molecular weight is 319 g/mol. The number of benzene rings is 1. The molecule has 1 aromatic heterocycles. The standard InChI is InChI=1S/C16H21N3O4/c1-2-23-11-5-9-17-14(20)8-10-19-15(21)12-6-3-4-7-13(12)18-16(19)22/h3-4,6-7H,2,5,8-11H2,1H3,(H,17,20)(H,18,22). The molecule has 1 aromatic carbocycles. The number of aromatic amines is 1. The maximum atomic E-state index is 12.3. The van der Waals surface area contributed by atoms with Crippen LogP contribution in [-0.4, -0.2) is 35.2 Å². The fraction of sp³-hybridized carbons (Fsp3) is 0.438. The lowest BCUT2D eigenvalue weighted by atomic mass is 10.2. The van der Waals surface area contributed by atoms with Gasteiger partial charge in [-0.15, -0.1) is 0 Å². The quantitative estimate of drug-likeness (QED) is 0.698. The van der Waals surface area contributed by atoms with E-state index in [9.17, 15) is 14.4 Å². The molecule has 1 amide bonds. The van der Waals surface area contributed by atoms with Crippen molar-refractivity contribution in [3.63, 3.8) is 0 Å². The molecular weight excluding hydrogens is 298 g/mol. The molecule has 2 rings (SSSR count). The molecule has 0 saturated carbocycles. The summed E-state index contributed by atoms with van der Waals surface area (Å²) in [5, 5.41) is 3.18. The summed E-state index contributed by atoms with van der Waals surface area (Å²) >= 11 is 0. The maximum Gasteiger partial charge on any atom is 0.328 e. The first-order valence-electron chi connectivity index (χ1n) is 7.69. The smallest absolute Gasteiger partial charge is 0.328 e. The number of rotatable bonds is 8. The van der Waals surface area contributed by atoms with Gasteiger partial charge in [-0.25, -0.2) is 4.79 Å². The molecule has 0 radical (unpaired) electrons. The van der Waals surface area contributed by atoms with E-state index in [0.717, 1.165) is 11.0 Å². The summed E-state index contributed by atoms with van der Waals surface area (Å²) in [4.78, 5) is 38.7. The van der Waals surface area contributed by atoms with Gasteiger partial charge in [0.05, 0.1) is 10.9 Å². The predicted octanol–water partition coefficient (Wildman–Crippen LogP) is 0.623. The summed E-state index contributed by atoms with van der Waals surface area (Å²) in [6.07, 6.45) is 0.812. The van der Waals surface area contributed by atoms with Crippen molar-refractivity contribution in [1.29, 1.82) is 0 Å². The fourth-order valence-corrected chi connectivity index (χ4v) is 2.25. The minimum absolute atomic E-state index is 0.0519. The number of carbonyl (C=O) groups excluding carboxylic acids is 1.